The molecule has 0 atom stereocenters. The predicted octanol–water partition coefficient (Wildman–Crippen LogP) is 13.3. The second kappa shape index (κ2) is 13.0. The molecule has 0 spiro atoms. The number of fused-ring (bicyclic) bond motifs is 3. The first-order valence-corrected chi connectivity index (χ1v) is 18.2. The molecule has 0 unspecified atom stereocenters. The van der Waals surface area contributed by atoms with Crippen LogP contribution in [-0.4, -0.2) is 9.97 Å². The van der Waals surface area contributed by atoms with Gasteiger partial charge in [0.25, 0.3) is 0 Å². The van der Waals surface area contributed by atoms with Gasteiger partial charge < -0.3 is 4.42 Å². The second-order valence-corrected chi connectivity index (χ2v) is 13.7. The quantitative estimate of drug-likeness (QED) is 0.176. The largest absolute Gasteiger partial charge is 0.436 e. The van der Waals surface area contributed by atoms with Crippen molar-refractivity contribution in [1.29, 1.82) is 0 Å². The third-order valence-electron chi connectivity index (χ3n) is 10.5. The molecule has 1 aliphatic rings. The third-order valence-corrected chi connectivity index (χ3v) is 10.5. The molecule has 0 saturated carbocycles. The normalized spacial score (nSPS) is 12.3. The zero-order valence-electron chi connectivity index (χ0n) is 29.0. The molecule has 0 bridgehead atoms. The van der Waals surface area contributed by atoms with Crippen LogP contribution in [0.25, 0.3) is 95.0 Å². The van der Waals surface area contributed by atoms with E-state index in [4.69, 9.17) is 9.40 Å². The summed E-state index contributed by atoms with van der Waals surface area (Å²) < 4.78 is 6.59. The maximum atomic E-state index is 6.59. The molecule has 0 fully saturated rings. The average Bonchev–Trinajstić information content (AvgIpc) is 3.68. The van der Waals surface area contributed by atoms with Crippen LogP contribution >= 0.6 is 0 Å². The van der Waals surface area contributed by atoms with E-state index in [-0.39, 0.29) is 0 Å². The summed E-state index contributed by atoms with van der Waals surface area (Å²) in [5, 5.41) is 2.49. The van der Waals surface area contributed by atoms with Crippen molar-refractivity contribution in [2.75, 3.05) is 0 Å². The summed E-state index contributed by atoms with van der Waals surface area (Å²) in [5.41, 5.74) is 16.8. The van der Waals surface area contributed by atoms with Crippen LogP contribution in [0.4, 0.5) is 0 Å². The fraction of sp³-hybridized carbons (Fsp3) is 0.0400. The van der Waals surface area contributed by atoms with Gasteiger partial charge in [0.2, 0.25) is 5.89 Å². The number of aromatic nitrogens is 2. The number of pyridine rings is 1. The molecule has 0 N–H and O–H groups in total. The Labute approximate surface area is 308 Å². The maximum Gasteiger partial charge on any atom is 0.227 e. The highest BCUT2D eigenvalue weighted by Gasteiger charge is 2.17. The minimum atomic E-state index is 0.599. The van der Waals surface area contributed by atoms with Gasteiger partial charge in [0.15, 0.2) is 5.58 Å². The van der Waals surface area contributed by atoms with Crippen molar-refractivity contribution in [3.05, 3.63) is 187 Å². The maximum absolute atomic E-state index is 6.59. The molecular weight excluding hydrogens is 645 g/mol. The van der Waals surface area contributed by atoms with Crippen molar-refractivity contribution >= 4 is 27.9 Å². The average molecular weight is 679 g/mol. The molecule has 10 rings (SSSR count). The molecule has 1 aliphatic carbocycles. The summed E-state index contributed by atoms with van der Waals surface area (Å²) >= 11 is 0. The number of benzene rings is 7. The number of hydrogen-bond donors (Lipinski definition) is 0. The van der Waals surface area contributed by atoms with Crippen molar-refractivity contribution in [3.63, 3.8) is 0 Å². The molecule has 53 heavy (non-hydrogen) atoms. The molecule has 3 nitrogen and oxygen atoms in total. The molecule has 9 aromatic rings. The highest BCUT2D eigenvalue weighted by atomic mass is 16.3. The Morgan fingerprint density at radius 3 is 1.94 bits per heavy atom. The van der Waals surface area contributed by atoms with Gasteiger partial charge in [-0.05, 0) is 115 Å². The van der Waals surface area contributed by atoms with Crippen molar-refractivity contribution in [1.82, 2.24) is 9.97 Å². The Kier molecular flexibility index (Phi) is 7.62. The van der Waals surface area contributed by atoms with E-state index in [0.717, 1.165) is 62.9 Å². The molecule has 0 saturated heterocycles. The van der Waals surface area contributed by atoms with Crippen LogP contribution in [0.5, 0.6) is 0 Å². The topological polar surface area (TPSA) is 38.9 Å². The Morgan fingerprint density at radius 1 is 0.491 bits per heavy atom. The van der Waals surface area contributed by atoms with Crippen LogP contribution in [0.2, 0.25) is 0 Å². The highest BCUT2D eigenvalue weighted by Crippen LogP contribution is 2.39. The van der Waals surface area contributed by atoms with E-state index in [2.05, 4.69) is 169 Å². The van der Waals surface area contributed by atoms with E-state index in [9.17, 15) is 0 Å². The number of oxazole rings is 1. The van der Waals surface area contributed by atoms with Gasteiger partial charge >= 0.3 is 0 Å². The van der Waals surface area contributed by atoms with Crippen LogP contribution in [0.3, 0.4) is 0 Å². The molecule has 3 heteroatoms. The summed E-state index contributed by atoms with van der Waals surface area (Å²) in [6, 6.07) is 56.3. The van der Waals surface area contributed by atoms with Crippen molar-refractivity contribution in [2.24, 2.45) is 0 Å². The zero-order valence-corrected chi connectivity index (χ0v) is 29.0. The SMILES string of the molecule is C1=Cc2cccc(-c3ccc(-c4cc(-c5ccc(-c6cccc7ccccc67)cc5)c5nc(-c6ccc(-c7cccnc7)cc6)oc5c4)cc3)c2CC1. The second-order valence-electron chi connectivity index (χ2n) is 13.7. The van der Waals surface area contributed by atoms with Crippen molar-refractivity contribution in [3.8, 4) is 67.1 Å². The van der Waals surface area contributed by atoms with Crippen LogP contribution in [0.15, 0.2) is 181 Å². The van der Waals surface area contributed by atoms with Crippen LogP contribution < -0.4 is 0 Å². The fourth-order valence-corrected chi connectivity index (χ4v) is 7.78. The van der Waals surface area contributed by atoms with Gasteiger partial charge in [-0.3, -0.25) is 4.98 Å². The Hall–Kier alpha value is -6.84. The zero-order chi connectivity index (χ0) is 35.1. The van der Waals surface area contributed by atoms with Crippen LogP contribution in [0.1, 0.15) is 17.5 Å². The summed E-state index contributed by atoms with van der Waals surface area (Å²) in [6.45, 7) is 0. The van der Waals surface area contributed by atoms with Gasteiger partial charge in [0.1, 0.15) is 5.52 Å². The number of nitrogens with zero attached hydrogens (tertiary/aromatic N) is 2. The lowest BCUT2D eigenvalue weighted by Gasteiger charge is -2.16. The first kappa shape index (κ1) is 30.9. The monoisotopic (exact) mass is 678 g/mol. The lowest BCUT2D eigenvalue weighted by Crippen LogP contribution is -1.97. The summed E-state index contributed by atoms with van der Waals surface area (Å²) in [5.74, 6) is 0.599. The third kappa shape index (κ3) is 5.73. The molecule has 2 heterocycles. The number of rotatable bonds is 6. The molecular formula is C50H34N2O. The van der Waals surface area contributed by atoms with E-state index < -0.39 is 0 Å². The lowest BCUT2D eigenvalue weighted by molar-refractivity contribution is 0.620. The first-order valence-electron chi connectivity index (χ1n) is 18.2. The Morgan fingerprint density at radius 2 is 1.15 bits per heavy atom. The smallest absolute Gasteiger partial charge is 0.227 e. The molecule has 7 aromatic carbocycles. The van der Waals surface area contributed by atoms with E-state index >= 15 is 0 Å². The van der Waals surface area contributed by atoms with Gasteiger partial charge in [0, 0.05) is 23.5 Å². The van der Waals surface area contributed by atoms with Gasteiger partial charge in [-0.2, -0.15) is 0 Å². The van der Waals surface area contributed by atoms with Crippen molar-refractivity contribution in [2.45, 2.75) is 12.8 Å². The lowest BCUT2D eigenvalue weighted by atomic mass is 9.89. The van der Waals surface area contributed by atoms with E-state index in [1.807, 2.05) is 12.3 Å². The van der Waals surface area contributed by atoms with Crippen molar-refractivity contribution < 1.29 is 4.42 Å². The summed E-state index contributed by atoms with van der Waals surface area (Å²) in [7, 11) is 0. The van der Waals surface area contributed by atoms with E-state index in [1.54, 1.807) is 6.20 Å². The Bertz CT molecular complexity index is 2790. The first-order chi connectivity index (χ1) is 26.2. The van der Waals surface area contributed by atoms with Gasteiger partial charge in [-0.15, -0.1) is 0 Å². The number of allylic oxidation sites excluding steroid dienone is 1. The Balaban J connectivity index is 1.07. The van der Waals surface area contributed by atoms with E-state index in [1.165, 1.54) is 44.2 Å². The van der Waals surface area contributed by atoms with Crippen LogP contribution in [0, 0.1) is 0 Å². The molecule has 0 radical (unpaired) electrons. The summed E-state index contributed by atoms with van der Waals surface area (Å²) in [4.78, 5) is 9.41. The predicted molar refractivity (Wildman–Crippen MR) is 219 cm³/mol. The molecule has 2 aromatic heterocycles. The molecule has 0 aliphatic heterocycles. The van der Waals surface area contributed by atoms with Gasteiger partial charge in [-0.25, -0.2) is 4.98 Å². The van der Waals surface area contributed by atoms with E-state index in [0.29, 0.717) is 5.89 Å². The molecule has 0 amide bonds. The minimum absolute atomic E-state index is 0.599. The van der Waals surface area contributed by atoms with Gasteiger partial charge in [-0.1, -0.05) is 140 Å². The van der Waals surface area contributed by atoms with Gasteiger partial charge in [0.05, 0.1) is 0 Å². The fourth-order valence-electron chi connectivity index (χ4n) is 7.78. The molecule has 250 valence electrons. The standard InChI is InChI=1S/C50H34N2O/c1-3-13-43-35(8-1)10-5-15-45(43)37-21-17-34(18-22-37)42-30-47(39-25-23-38(24-26-39)46-16-6-11-36-9-2-4-14-44(36)46)49-48(31-42)53-50(52-49)40-27-19-33(20-28-40)41-12-7-29-51-32-41/h1-2,4-12,14-32H,3,13H2. The minimum Gasteiger partial charge on any atom is -0.436 e. The summed E-state index contributed by atoms with van der Waals surface area (Å²) in [6.07, 6.45) is 10.4. The highest BCUT2D eigenvalue weighted by molar-refractivity contribution is 5.99. The number of hydrogen-bond acceptors (Lipinski definition) is 3. The van der Waals surface area contributed by atoms with Crippen LogP contribution in [-0.2, 0) is 6.42 Å².